The summed E-state index contributed by atoms with van der Waals surface area (Å²) in [6.07, 6.45) is 5.34. The molecule has 2 heterocycles. The van der Waals surface area contributed by atoms with Crippen molar-refractivity contribution in [2.45, 2.75) is 31.8 Å². The van der Waals surface area contributed by atoms with Crippen LogP contribution in [0.2, 0.25) is 0 Å². The van der Waals surface area contributed by atoms with Crippen LogP contribution in [0.15, 0.2) is 54.7 Å². The van der Waals surface area contributed by atoms with E-state index in [9.17, 15) is 9.18 Å². The zero-order chi connectivity index (χ0) is 20.2. The Morgan fingerprint density at radius 2 is 1.79 bits per heavy atom. The molecule has 1 aromatic heterocycles. The van der Waals surface area contributed by atoms with E-state index in [1.807, 2.05) is 18.2 Å². The summed E-state index contributed by atoms with van der Waals surface area (Å²) >= 11 is 0. The third-order valence-corrected chi connectivity index (χ3v) is 5.83. The lowest BCUT2D eigenvalue weighted by molar-refractivity contribution is 0.190. The Balaban J connectivity index is 1.36. The normalized spacial score (nSPS) is 15.6. The average Bonchev–Trinajstić information content (AvgIpc) is 3.15. The van der Waals surface area contributed by atoms with Crippen molar-refractivity contribution in [2.75, 3.05) is 19.6 Å². The van der Waals surface area contributed by atoms with E-state index >= 15 is 0 Å². The summed E-state index contributed by atoms with van der Waals surface area (Å²) in [5.74, 6) is -0.179. The number of rotatable bonds is 6. The molecule has 6 heteroatoms. The maximum atomic E-state index is 13.0. The summed E-state index contributed by atoms with van der Waals surface area (Å²) in [4.78, 5) is 13.5. The monoisotopic (exact) mass is 394 g/mol. The molecule has 0 spiro atoms. The zero-order valence-corrected chi connectivity index (χ0v) is 16.5. The number of aromatic nitrogens is 1. The van der Waals surface area contributed by atoms with Crippen LogP contribution in [0, 0.1) is 5.82 Å². The summed E-state index contributed by atoms with van der Waals surface area (Å²) in [5, 5.41) is 3.87. The van der Waals surface area contributed by atoms with E-state index in [0.29, 0.717) is 12.6 Å². The van der Waals surface area contributed by atoms with Gasteiger partial charge in [0, 0.05) is 43.9 Å². The van der Waals surface area contributed by atoms with E-state index in [2.05, 4.69) is 39.2 Å². The topological polar surface area (TPSA) is 63.3 Å². The van der Waals surface area contributed by atoms with Crippen LogP contribution in [0.5, 0.6) is 0 Å². The highest BCUT2D eigenvalue weighted by Gasteiger charge is 2.21. The molecule has 1 aliphatic rings. The number of nitrogens with two attached hydrogens (primary N) is 1. The molecule has 1 saturated heterocycles. The van der Waals surface area contributed by atoms with Gasteiger partial charge in [-0.3, -0.25) is 0 Å². The van der Waals surface area contributed by atoms with Gasteiger partial charge in [0.1, 0.15) is 5.82 Å². The lowest BCUT2D eigenvalue weighted by Crippen LogP contribution is -2.35. The fourth-order valence-electron chi connectivity index (χ4n) is 4.17. The Labute approximate surface area is 170 Å². The van der Waals surface area contributed by atoms with Crippen molar-refractivity contribution in [2.24, 2.45) is 5.73 Å². The van der Waals surface area contributed by atoms with Gasteiger partial charge in [0.2, 0.25) is 0 Å². The fourth-order valence-corrected chi connectivity index (χ4v) is 4.17. The standard InChI is InChI=1S/C23H27FN4O/c24-20-5-2-17(3-6-20)7-11-27-12-9-21(10-13-27)28-14-8-19-4-1-18(15-22(19)28)16-26-23(25)29/h1-6,8,14-15,21H,7,9-13,16H2,(H3,25,26,29). The summed E-state index contributed by atoms with van der Waals surface area (Å²) < 4.78 is 15.4. The number of likely N-dealkylation sites (tertiary alicyclic amines) is 1. The molecular formula is C23H27FN4O. The highest BCUT2D eigenvalue weighted by molar-refractivity contribution is 5.81. The van der Waals surface area contributed by atoms with Crippen LogP contribution in [0.3, 0.4) is 0 Å². The van der Waals surface area contributed by atoms with Crippen molar-refractivity contribution in [3.63, 3.8) is 0 Å². The molecule has 0 saturated carbocycles. The fraction of sp³-hybridized carbons (Fsp3) is 0.348. The Bertz CT molecular complexity index is 974. The minimum absolute atomic E-state index is 0.179. The summed E-state index contributed by atoms with van der Waals surface area (Å²) in [5.41, 5.74) is 8.62. The zero-order valence-electron chi connectivity index (χ0n) is 16.5. The second-order valence-electron chi connectivity index (χ2n) is 7.78. The van der Waals surface area contributed by atoms with Gasteiger partial charge in [-0.15, -0.1) is 0 Å². The predicted molar refractivity (Wildman–Crippen MR) is 113 cm³/mol. The molecule has 2 aromatic carbocycles. The van der Waals surface area contributed by atoms with Crippen LogP contribution in [0.4, 0.5) is 9.18 Å². The van der Waals surface area contributed by atoms with Gasteiger partial charge in [-0.2, -0.15) is 0 Å². The molecule has 2 amide bonds. The van der Waals surface area contributed by atoms with Gasteiger partial charge in [-0.25, -0.2) is 9.18 Å². The van der Waals surface area contributed by atoms with Crippen LogP contribution in [0.1, 0.15) is 30.0 Å². The number of benzene rings is 2. The van der Waals surface area contributed by atoms with Crippen molar-refractivity contribution < 1.29 is 9.18 Å². The number of carbonyl (C=O) groups is 1. The molecule has 5 nitrogen and oxygen atoms in total. The van der Waals surface area contributed by atoms with Crippen molar-refractivity contribution in [1.82, 2.24) is 14.8 Å². The molecule has 152 valence electrons. The van der Waals surface area contributed by atoms with Crippen LogP contribution >= 0.6 is 0 Å². The lowest BCUT2D eigenvalue weighted by Gasteiger charge is -2.33. The maximum absolute atomic E-state index is 13.0. The molecular weight excluding hydrogens is 367 g/mol. The maximum Gasteiger partial charge on any atom is 0.312 e. The number of primary amides is 1. The molecule has 1 fully saturated rings. The van der Waals surface area contributed by atoms with E-state index in [1.54, 1.807) is 0 Å². The van der Waals surface area contributed by atoms with Crippen LogP contribution in [0.25, 0.3) is 10.9 Å². The molecule has 4 rings (SSSR count). The van der Waals surface area contributed by atoms with Crippen molar-refractivity contribution in [3.8, 4) is 0 Å². The smallest absolute Gasteiger partial charge is 0.312 e. The van der Waals surface area contributed by atoms with Crippen molar-refractivity contribution >= 4 is 16.9 Å². The van der Waals surface area contributed by atoms with Crippen molar-refractivity contribution in [3.05, 3.63) is 71.7 Å². The van der Waals surface area contributed by atoms with Crippen molar-refractivity contribution in [1.29, 1.82) is 0 Å². The van der Waals surface area contributed by atoms with Gasteiger partial charge in [0.05, 0.1) is 0 Å². The number of carbonyl (C=O) groups excluding carboxylic acids is 1. The lowest BCUT2D eigenvalue weighted by atomic mass is 10.0. The Hall–Kier alpha value is -2.86. The van der Waals surface area contributed by atoms with Crippen LogP contribution in [-0.2, 0) is 13.0 Å². The first kappa shape index (κ1) is 19.5. The quantitative estimate of drug-likeness (QED) is 0.667. The van der Waals surface area contributed by atoms with E-state index in [4.69, 9.17) is 5.73 Å². The molecule has 0 atom stereocenters. The third kappa shape index (κ3) is 4.77. The predicted octanol–water partition coefficient (Wildman–Crippen LogP) is 3.83. The van der Waals surface area contributed by atoms with Gasteiger partial charge < -0.3 is 20.5 Å². The minimum atomic E-state index is -0.506. The van der Waals surface area contributed by atoms with E-state index in [1.165, 1.54) is 28.6 Å². The van der Waals surface area contributed by atoms with Gasteiger partial charge >= 0.3 is 6.03 Å². The Morgan fingerprint density at radius 3 is 2.52 bits per heavy atom. The molecule has 0 unspecified atom stereocenters. The number of hydrogen-bond acceptors (Lipinski definition) is 2. The number of amides is 2. The summed E-state index contributed by atoms with van der Waals surface area (Å²) in [7, 11) is 0. The molecule has 3 aromatic rings. The van der Waals surface area contributed by atoms with Gasteiger partial charge in [-0.1, -0.05) is 24.3 Å². The summed E-state index contributed by atoms with van der Waals surface area (Å²) in [6.45, 7) is 3.58. The highest BCUT2D eigenvalue weighted by atomic mass is 19.1. The first-order chi connectivity index (χ1) is 14.1. The van der Waals surface area contributed by atoms with E-state index in [-0.39, 0.29) is 5.82 Å². The van der Waals surface area contributed by atoms with Crippen LogP contribution in [-0.4, -0.2) is 35.1 Å². The number of urea groups is 1. The summed E-state index contributed by atoms with van der Waals surface area (Å²) in [6, 6.07) is 15.2. The first-order valence-corrected chi connectivity index (χ1v) is 10.2. The van der Waals surface area contributed by atoms with E-state index in [0.717, 1.165) is 44.5 Å². The molecule has 0 radical (unpaired) electrons. The highest BCUT2D eigenvalue weighted by Crippen LogP contribution is 2.28. The number of piperidine rings is 1. The Kier molecular flexibility index (Phi) is 5.81. The largest absolute Gasteiger partial charge is 0.352 e. The molecule has 3 N–H and O–H groups in total. The minimum Gasteiger partial charge on any atom is -0.352 e. The van der Waals surface area contributed by atoms with Gasteiger partial charge in [0.15, 0.2) is 0 Å². The number of nitrogens with one attached hydrogen (secondary N) is 1. The van der Waals surface area contributed by atoms with Gasteiger partial charge in [0.25, 0.3) is 0 Å². The molecule has 0 bridgehead atoms. The molecule has 1 aliphatic heterocycles. The number of nitrogens with zero attached hydrogens (tertiary/aromatic N) is 2. The van der Waals surface area contributed by atoms with E-state index < -0.39 is 6.03 Å². The third-order valence-electron chi connectivity index (χ3n) is 5.83. The number of hydrogen-bond donors (Lipinski definition) is 2. The second-order valence-corrected chi connectivity index (χ2v) is 7.78. The van der Waals surface area contributed by atoms with Gasteiger partial charge in [-0.05, 0) is 60.0 Å². The molecule has 0 aliphatic carbocycles. The Morgan fingerprint density at radius 1 is 1.07 bits per heavy atom. The SMILES string of the molecule is NC(=O)NCc1ccc2ccn(C3CCN(CCc4ccc(F)cc4)CC3)c2c1. The number of fused-ring (bicyclic) bond motifs is 1. The average molecular weight is 394 g/mol. The van der Waals surface area contributed by atoms with Crippen LogP contribution < -0.4 is 11.1 Å². The first-order valence-electron chi connectivity index (χ1n) is 10.2. The second kappa shape index (κ2) is 8.66. The molecule has 29 heavy (non-hydrogen) atoms. The number of halogens is 1.